The van der Waals surface area contributed by atoms with Crippen LogP contribution in [-0.2, 0) is 0 Å². The van der Waals surface area contributed by atoms with E-state index in [-0.39, 0.29) is 0 Å². The third-order valence-corrected chi connectivity index (χ3v) is 1.94. The zero-order valence-electron chi connectivity index (χ0n) is 5.02. The number of rotatable bonds is 0. The normalized spacial score (nSPS) is 17.8. The summed E-state index contributed by atoms with van der Waals surface area (Å²) in [7, 11) is 0. The van der Waals surface area contributed by atoms with E-state index in [1.54, 1.807) is 0 Å². The molecule has 0 atom stereocenters. The van der Waals surface area contributed by atoms with E-state index in [9.17, 15) is 0 Å². The van der Waals surface area contributed by atoms with Gasteiger partial charge in [0.05, 0.1) is 0 Å². The predicted molar refractivity (Wildman–Crippen MR) is 43.2 cm³/mol. The highest BCUT2D eigenvalue weighted by atomic mass is 79.9. The van der Waals surface area contributed by atoms with E-state index in [1.165, 1.54) is 4.48 Å². The first-order chi connectivity index (χ1) is 4.33. The van der Waals surface area contributed by atoms with Gasteiger partial charge in [-0.25, -0.2) is 0 Å². The molecule has 1 rings (SSSR count). The molecule has 0 aromatic heterocycles. The molecule has 0 radical (unpaired) electrons. The molecule has 0 aliphatic heterocycles. The Morgan fingerprint density at radius 1 is 1.44 bits per heavy atom. The molecular weight excluding hydrogens is 176 g/mol. The van der Waals surface area contributed by atoms with Crippen LogP contribution in [0.1, 0.15) is 12.8 Å². The van der Waals surface area contributed by atoms with Crippen LogP contribution in [0.2, 0.25) is 0 Å². The fourth-order valence-corrected chi connectivity index (χ4v) is 1.06. The average Bonchev–Trinajstić information content (AvgIpc) is 1.90. The lowest BCUT2D eigenvalue weighted by Gasteiger charge is -2.03. The van der Waals surface area contributed by atoms with Gasteiger partial charge in [-0.05, 0) is 23.4 Å². The smallest absolute Gasteiger partial charge is 0.00213 e. The zero-order valence-corrected chi connectivity index (χ0v) is 6.61. The maximum absolute atomic E-state index is 5.19. The molecule has 0 N–H and O–H groups in total. The molecular formula is C8H7Br. The Morgan fingerprint density at radius 2 is 2.22 bits per heavy atom. The van der Waals surface area contributed by atoms with Crippen molar-refractivity contribution in [2.75, 3.05) is 0 Å². The Balaban J connectivity index is 2.73. The van der Waals surface area contributed by atoms with Gasteiger partial charge in [-0.15, -0.1) is 6.42 Å². The summed E-state index contributed by atoms with van der Waals surface area (Å²) in [5.74, 6) is 2.62. The standard InChI is InChI=1S/C8H7Br/c1-2-7-3-5-8(9)6-4-7/h1,3,5H,4,6H2. The molecule has 0 nitrogen and oxygen atoms in total. The van der Waals surface area contributed by atoms with Crippen molar-refractivity contribution in [3.8, 4) is 12.3 Å². The van der Waals surface area contributed by atoms with Gasteiger partial charge in [-0.3, -0.25) is 0 Å². The Morgan fingerprint density at radius 3 is 2.67 bits per heavy atom. The van der Waals surface area contributed by atoms with Gasteiger partial charge in [-0.1, -0.05) is 27.9 Å². The van der Waals surface area contributed by atoms with Gasteiger partial charge in [0.2, 0.25) is 0 Å². The van der Waals surface area contributed by atoms with Gasteiger partial charge in [0.15, 0.2) is 0 Å². The fraction of sp³-hybridized carbons (Fsp3) is 0.250. The third-order valence-electron chi connectivity index (χ3n) is 1.28. The van der Waals surface area contributed by atoms with Crippen LogP contribution in [0.15, 0.2) is 22.2 Å². The minimum absolute atomic E-state index is 1.01. The summed E-state index contributed by atoms with van der Waals surface area (Å²) in [5, 5.41) is 0. The highest BCUT2D eigenvalue weighted by Gasteiger charge is 1.99. The van der Waals surface area contributed by atoms with Crippen LogP contribution < -0.4 is 0 Å². The molecule has 9 heavy (non-hydrogen) atoms. The molecule has 0 saturated heterocycles. The Bertz CT molecular complexity index is 203. The van der Waals surface area contributed by atoms with Gasteiger partial charge >= 0.3 is 0 Å². The molecule has 0 unspecified atom stereocenters. The highest BCUT2D eigenvalue weighted by Crippen LogP contribution is 2.21. The maximum atomic E-state index is 5.19. The van der Waals surface area contributed by atoms with Crippen LogP contribution in [0.4, 0.5) is 0 Å². The van der Waals surface area contributed by atoms with Crippen LogP contribution >= 0.6 is 15.9 Å². The lowest BCUT2D eigenvalue weighted by atomic mass is 10.1. The first-order valence-corrected chi connectivity index (χ1v) is 3.64. The highest BCUT2D eigenvalue weighted by molar-refractivity contribution is 9.11. The SMILES string of the molecule is C#CC1=CC=C(Br)CC1. The van der Waals surface area contributed by atoms with E-state index in [0.29, 0.717) is 0 Å². The molecule has 0 saturated carbocycles. The predicted octanol–water partition coefficient (Wildman–Crippen LogP) is 2.62. The molecule has 0 spiro atoms. The van der Waals surface area contributed by atoms with Crippen molar-refractivity contribution in [2.24, 2.45) is 0 Å². The van der Waals surface area contributed by atoms with E-state index in [2.05, 4.69) is 21.9 Å². The van der Waals surface area contributed by atoms with Gasteiger partial charge < -0.3 is 0 Å². The summed E-state index contributed by atoms with van der Waals surface area (Å²) >= 11 is 3.39. The van der Waals surface area contributed by atoms with Crippen LogP contribution in [0, 0.1) is 12.3 Å². The lowest BCUT2D eigenvalue weighted by Crippen LogP contribution is -1.85. The molecule has 1 heteroatoms. The number of hydrogen-bond acceptors (Lipinski definition) is 0. The summed E-state index contributed by atoms with van der Waals surface area (Å²) in [6.45, 7) is 0. The van der Waals surface area contributed by atoms with Crippen LogP contribution in [0.3, 0.4) is 0 Å². The minimum Gasteiger partial charge on any atom is -0.115 e. The zero-order chi connectivity index (χ0) is 6.69. The second-order valence-electron chi connectivity index (χ2n) is 1.95. The molecule has 1 aliphatic carbocycles. The van der Waals surface area contributed by atoms with Crippen molar-refractivity contribution in [3.05, 3.63) is 22.2 Å². The molecule has 46 valence electrons. The van der Waals surface area contributed by atoms with E-state index in [1.807, 2.05) is 12.2 Å². The number of terminal acetylenes is 1. The van der Waals surface area contributed by atoms with Crippen molar-refractivity contribution in [2.45, 2.75) is 12.8 Å². The summed E-state index contributed by atoms with van der Waals surface area (Å²) in [4.78, 5) is 0. The number of halogens is 1. The summed E-state index contributed by atoms with van der Waals surface area (Å²) < 4.78 is 1.24. The van der Waals surface area contributed by atoms with Crippen molar-refractivity contribution in [1.29, 1.82) is 0 Å². The van der Waals surface area contributed by atoms with Crippen molar-refractivity contribution in [3.63, 3.8) is 0 Å². The Hall–Kier alpha value is -0.480. The molecule has 0 heterocycles. The molecule has 0 amide bonds. The van der Waals surface area contributed by atoms with E-state index >= 15 is 0 Å². The largest absolute Gasteiger partial charge is 0.115 e. The minimum atomic E-state index is 1.01. The Labute approximate surface area is 63.8 Å². The number of hydrogen-bond donors (Lipinski definition) is 0. The first kappa shape index (κ1) is 6.64. The second-order valence-corrected chi connectivity index (χ2v) is 2.97. The van der Waals surface area contributed by atoms with Gasteiger partial charge in [0.25, 0.3) is 0 Å². The van der Waals surface area contributed by atoms with Crippen LogP contribution in [0.25, 0.3) is 0 Å². The van der Waals surface area contributed by atoms with Crippen molar-refractivity contribution < 1.29 is 0 Å². The van der Waals surface area contributed by atoms with Gasteiger partial charge in [-0.2, -0.15) is 0 Å². The van der Waals surface area contributed by atoms with Crippen molar-refractivity contribution >= 4 is 15.9 Å². The van der Waals surface area contributed by atoms with E-state index in [0.717, 1.165) is 18.4 Å². The summed E-state index contributed by atoms with van der Waals surface area (Å²) in [6, 6.07) is 0. The number of allylic oxidation sites excluding steroid dienone is 4. The second kappa shape index (κ2) is 2.89. The lowest BCUT2D eigenvalue weighted by molar-refractivity contribution is 0.990. The molecule has 1 aliphatic rings. The first-order valence-electron chi connectivity index (χ1n) is 2.85. The quantitative estimate of drug-likeness (QED) is 0.506. The summed E-state index contributed by atoms with van der Waals surface area (Å²) in [6.07, 6.45) is 11.2. The average molecular weight is 183 g/mol. The van der Waals surface area contributed by atoms with Crippen LogP contribution in [-0.4, -0.2) is 0 Å². The van der Waals surface area contributed by atoms with Crippen molar-refractivity contribution in [1.82, 2.24) is 0 Å². The van der Waals surface area contributed by atoms with E-state index in [4.69, 9.17) is 6.42 Å². The molecule has 0 fully saturated rings. The molecule has 0 bridgehead atoms. The maximum Gasteiger partial charge on any atom is 0.00213 e. The van der Waals surface area contributed by atoms with Gasteiger partial charge in [0, 0.05) is 5.57 Å². The topological polar surface area (TPSA) is 0 Å². The fourth-order valence-electron chi connectivity index (χ4n) is 0.732. The summed E-state index contributed by atoms with van der Waals surface area (Å²) in [5.41, 5.74) is 1.10. The monoisotopic (exact) mass is 182 g/mol. The van der Waals surface area contributed by atoms with Crippen LogP contribution in [0.5, 0.6) is 0 Å². The third kappa shape index (κ3) is 1.73. The molecule has 0 aromatic rings. The molecule has 0 aromatic carbocycles. The van der Waals surface area contributed by atoms with E-state index < -0.39 is 0 Å². The van der Waals surface area contributed by atoms with Gasteiger partial charge in [0.1, 0.15) is 0 Å². The Kier molecular flexibility index (Phi) is 2.13.